The molecule has 6 bridgehead atoms. The Bertz CT molecular complexity index is 5960. The fraction of sp³-hybridized carbons (Fsp3) is 0.121. The number of anilines is 6. The van der Waals surface area contributed by atoms with E-state index in [0.717, 1.165) is 78.2 Å². The summed E-state index contributed by atoms with van der Waals surface area (Å²) < 4.78 is 0. The van der Waals surface area contributed by atoms with E-state index in [-0.39, 0.29) is 5.41 Å². The molecule has 0 aliphatic heterocycles. The Morgan fingerprint density at radius 1 is 0.385 bits per heavy atom. The van der Waals surface area contributed by atoms with Crippen molar-refractivity contribution in [2.24, 2.45) is 11.8 Å². The van der Waals surface area contributed by atoms with Crippen molar-refractivity contribution < 1.29 is 0 Å². The first-order valence-corrected chi connectivity index (χ1v) is 39.0. The van der Waals surface area contributed by atoms with Gasteiger partial charge in [-0.05, 0) is 259 Å². The summed E-state index contributed by atoms with van der Waals surface area (Å²) in [6.07, 6.45) is 15.5. The number of hydrogen-bond donors (Lipinski definition) is 0. The van der Waals surface area contributed by atoms with Gasteiger partial charge in [0.05, 0.1) is 10.8 Å². The predicted molar refractivity (Wildman–Crippen MR) is 456 cm³/mol. The van der Waals surface area contributed by atoms with Crippen molar-refractivity contribution in [3.63, 3.8) is 0 Å². The molecule has 20 rings (SSSR count). The van der Waals surface area contributed by atoms with Crippen LogP contribution in [0.25, 0.3) is 56.2 Å². The molecule has 109 heavy (non-hydrogen) atoms. The second kappa shape index (κ2) is 26.4. The Hall–Kier alpha value is -12.6. The lowest BCUT2D eigenvalue weighted by Crippen LogP contribution is -2.33. The third-order valence-corrected chi connectivity index (χ3v) is 25.4. The molecule has 2 nitrogen and oxygen atoms in total. The topological polar surface area (TPSA) is 6.48 Å². The molecule has 3 unspecified atom stereocenters. The van der Waals surface area contributed by atoms with Gasteiger partial charge < -0.3 is 9.80 Å². The van der Waals surface area contributed by atoms with Crippen molar-refractivity contribution in [3.8, 4) is 44.5 Å². The fourth-order valence-corrected chi connectivity index (χ4v) is 20.3. The smallest absolute Gasteiger partial charge is 0.0715 e. The molecular weight excluding hydrogens is 1310 g/mol. The lowest BCUT2D eigenvalue weighted by atomic mass is 9.61. The fourth-order valence-electron chi connectivity index (χ4n) is 20.3. The zero-order valence-corrected chi connectivity index (χ0v) is 61.8. The van der Waals surface area contributed by atoms with Crippen LogP contribution in [0.3, 0.4) is 0 Å². The van der Waals surface area contributed by atoms with E-state index in [2.05, 4.69) is 395 Å². The molecule has 14 aromatic rings. The van der Waals surface area contributed by atoms with Crippen LogP contribution in [0.5, 0.6) is 0 Å². The number of nitrogens with zero attached hydrogens (tertiary/aromatic N) is 2. The Morgan fingerprint density at radius 2 is 0.835 bits per heavy atom. The summed E-state index contributed by atoms with van der Waals surface area (Å²) in [7, 11) is 0. The minimum atomic E-state index is -0.791. The normalized spacial score (nSPS) is 18.5. The SMILES string of the molecule is C=Cc1ccc(CC2(c3ccc(C)cc3)c3ccccc3-c3ccc(N(c4ccc(-c5ccccc5)cc4)c4ccc5c(c4)C(c4ccccc4)(c4ccccc4)c4cc(N(c6ccc(-c7ccccc7)cc6)c6ccc7c(c6)C6(c8ccc(C)cc8)CC8=C[C@@H](C9=CCCC6=C97)C(C=C)CC8)ccc4-5)cc32)cc1. The second-order valence-corrected chi connectivity index (χ2v) is 31.1. The van der Waals surface area contributed by atoms with Gasteiger partial charge in [-0.25, -0.2) is 0 Å². The molecule has 0 N–H and O–H groups in total. The number of hydrogen-bond acceptors (Lipinski definition) is 2. The third-order valence-electron chi connectivity index (χ3n) is 25.4. The summed E-state index contributed by atoms with van der Waals surface area (Å²) in [5.41, 5.74) is 38.6. The van der Waals surface area contributed by atoms with Crippen LogP contribution in [0.1, 0.15) is 110 Å². The molecule has 4 atom stereocenters. The summed E-state index contributed by atoms with van der Waals surface area (Å²) in [5, 5.41) is 0. The van der Waals surface area contributed by atoms with Gasteiger partial charge in [0.2, 0.25) is 0 Å². The molecule has 2 heteroatoms. The molecule has 6 aliphatic rings. The van der Waals surface area contributed by atoms with E-state index in [0.29, 0.717) is 11.8 Å². The summed E-state index contributed by atoms with van der Waals surface area (Å²) in [5.74, 6) is 0.731. The minimum Gasteiger partial charge on any atom is -0.310 e. The Labute approximate surface area is 642 Å². The molecule has 0 amide bonds. The number of rotatable bonds is 16. The minimum absolute atomic E-state index is 0.322. The summed E-state index contributed by atoms with van der Waals surface area (Å²) >= 11 is 0. The lowest BCUT2D eigenvalue weighted by molar-refractivity contribution is 0.442. The van der Waals surface area contributed by atoms with Crippen molar-refractivity contribution in [2.45, 2.75) is 68.6 Å². The van der Waals surface area contributed by atoms with Crippen LogP contribution in [0, 0.1) is 25.7 Å². The Morgan fingerprint density at radius 3 is 1.37 bits per heavy atom. The van der Waals surface area contributed by atoms with Gasteiger partial charge in [-0.1, -0.05) is 315 Å². The van der Waals surface area contributed by atoms with E-state index in [9.17, 15) is 0 Å². The Balaban J connectivity index is 0.799. The van der Waals surface area contributed by atoms with Gasteiger partial charge in [0.1, 0.15) is 0 Å². The first-order valence-electron chi connectivity index (χ1n) is 39.0. The number of benzene rings is 14. The van der Waals surface area contributed by atoms with E-state index in [1.165, 1.54) is 128 Å². The highest BCUT2D eigenvalue weighted by atomic mass is 15.1. The van der Waals surface area contributed by atoms with Crippen LogP contribution in [0.15, 0.2) is 388 Å². The first-order chi connectivity index (χ1) is 53.7. The molecule has 0 saturated heterocycles. The van der Waals surface area contributed by atoms with Crippen molar-refractivity contribution in [3.05, 3.63) is 466 Å². The number of aryl methyl sites for hydroxylation is 2. The monoisotopic (exact) mass is 1400 g/mol. The van der Waals surface area contributed by atoms with E-state index >= 15 is 0 Å². The molecule has 6 aliphatic carbocycles. The highest BCUT2D eigenvalue weighted by Gasteiger charge is 2.52. The van der Waals surface area contributed by atoms with Crippen molar-refractivity contribution in [2.75, 3.05) is 9.80 Å². The van der Waals surface area contributed by atoms with Crippen LogP contribution in [-0.4, -0.2) is 0 Å². The van der Waals surface area contributed by atoms with Crippen molar-refractivity contribution >= 4 is 45.8 Å². The maximum atomic E-state index is 4.46. The van der Waals surface area contributed by atoms with Crippen LogP contribution < -0.4 is 9.80 Å². The number of allylic oxidation sites excluding steroid dienone is 7. The van der Waals surface area contributed by atoms with Crippen LogP contribution in [-0.2, 0) is 22.7 Å². The average molecular weight is 1400 g/mol. The van der Waals surface area contributed by atoms with Crippen LogP contribution >= 0.6 is 0 Å². The molecule has 0 saturated carbocycles. The van der Waals surface area contributed by atoms with Gasteiger partial charge in [-0.15, -0.1) is 6.58 Å². The van der Waals surface area contributed by atoms with E-state index < -0.39 is 10.8 Å². The standard InChI is InChI=1S/C107H84N2/c1-5-73-38-40-74(41-39-73)69-105(81-48-34-71(3)35-49-81)98-32-20-19-30-91(98)92-60-56-87(65-100(92)105)108(85-52-44-79(45-53-85)77-22-11-7-12-23-77)89-57-61-93-94-62-58-90(68-103(94)107(102(93)67-89,83-26-15-9-16-27-83)84-28-17-10-18-29-84)109(86-54-46-80(47-55-86)78-24-13-8-14-25-78)88-59-63-96-101(66-88)106(82-50-36-72(4)37-51-82)70-75-42-43-76(6-2)97(64-75)95-31-21-33-99(106)104(95)96/h5-20,22-32,34-41,44-68,76,97H,1-2,21,33,42-43,69-70H2,3-4H3/t76?,97-,105?,106?/m1/s1. The second-order valence-electron chi connectivity index (χ2n) is 31.1. The maximum Gasteiger partial charge on any atom is 0.0715 e. The van der Waals surface area contributed by atoms with Gasteiger partial charge in [0.15, 0.2) is 0 Å². The molecule has 0 heterocycles. The molecule has 0 spiro atoms. The zero-order valence-electron chi connectivity index (χ0n) is 61.8. The molecule has 0 radical (unpaired) electrons. The van der Waals surface area contributed by atoms with Crippen LogP contribution in [0.2, 0.25) is 0 Å². The zero-order chi connectivity index (χ0) is 73.0. The Kier molecular flexibility index (Phi) is 16.0. The van der Waals surface area contributed by atoms with E-state index in [1.807, 2.05) is 6.08 Å². The highest BCUT2D eigenvalue weighted by Crippen LogP contribution is 2.65. The maximum absolute atomic E-state index is 4.46. The number of fused-ring (bicyclic) bond motifs is 10. The van der Waals surface area contributed by atoms with Gasteiger partial charge in [-0.3, -0.25) is 0 Å². The molecular formula is C107H84N2. The van der Waals surface area contributed by atoms with Crippen LogP contribution in [0.4, 0.5) is 34.1 Å². The molecule has 0 fully saturated rings. The molecule has 0 aromatic heterocycles. The highest BCUT2D eigenvalue weighted by molar-refractivity contribution is 5.97. The molecule has 14 aromatic carbocycles. The van der Waals surface area contributed by atoms with E-state index in [4.69, 9.17) is 0 Å². The quantitative estimate of drug-likeness (QED) is 0.0890. The molecule has 522 valence electrons. The first kappa shape index (κ1) is 65.9. The van der Waals surface area contributed by atoms with E-state index in [1.54, 1.807) is 11.1 Å². The average Bonchev–Trinajstić information content (AvgIpc) is 1.55. The van der Waals surface area contributed by atoms with Gasteiger partial charge in [-0.2, -0.15) is 0 Å². The summed E-state index contributed by atoms with van der Waals surface area (Å²) in [6, 6.07) is 130. The van der Waals surface area contributed by atoms with Gasteiger partial charge in [0, 0.05) is 45.5 Å². The lowest BCUT2D eigenvalue weighted by Gasteiger charge is -2.42. The predicted octanol–water partition coefficient (Wildman–Crippen LogP) is 27.5. The van der Waals surface area contributed by atoms with Crippen molar-refractivity contribution in [1.29, 1.82) is 0 Å². The third kappa shape index (κ3) is 10.5. The summed E-state index contributed by atoms with van der Waals surface area (Å²) in [6.45, 7) is 13.0. The largest absolute Gasteiger partial charge is 0.310 e. The summed E-state index contributed by atoms with van der Waals surface area (Å²) in [4.78, 5) is 5.11. The van der Waals surface area contributed by atoms with Crippen molar-refractivity contribution in [1.82, 2.24) is 0 Å². The van der Waals surface area contributed by atoms with Gasteiger partial charge >= 0.3 is 0 Å². The van der Waals surface area contributed by atoms with Gasteiger partial charge in [0.25, 0.3) is 0 Å².